The number of anilines is 1. The third-order valence-corrected chi connectivity index (χ3v) is 5.01. The Balaban J connectivity index is 1.82. The number of halogens is 1. The van der Waals surface area contributed by atoms with Gasteiger partial charge >= 0.3 is 6.09 Å². The molecule has 1 atom stereocenters. The van der Waals surface area contributed by atoms with E-state index in [4.69, 9.17) is 9.94 Å². The maximum absolute atomic E-state index is 12.6. The van der Waals surface area contributed by atoms with Crippen molar-refractivity contribution in [2.45, 2.75) is 12.5 Å². The van der Waals surface area contributed by atoms with E-state index in [2.05, 4.69) is 27.9 Å². The van der Waals surface area contributed by atoms with Gasteiger partial charge in [-0.15, -0.1) is 0 Å². The van der Waals surface area contributed by atoms with Crippen molar-refractivity contribution in [1.82, 2.24) is 5.48 Å². The van der Waals surface area contributed by atoms with E-state index in [0.717, 1.165) is 20.4 Å². The minimum atomic E-state index is -0.850. The molecule has 0 radical (unpaired) electrons. The van der Waals surface area contributed by atoms with Crippen molar-refractivity contribution in [1.29, 1.82) is 0 Å². The van der Waals surface area contributed by atoms with Gasteiger partial charge in [-0.2, -0.15) is 0 Å². The third kappa shape index (κ3) is 5.49. The van der Waals surface area contributed by atoms with Crippen LogP contribution in [0.1, 0.15) is 18.1 Å². The lowest BCUT2D eigenvalue weighted by Gasteiger charge is -2.19. The van der Waals surface area contributed by atoms with Crippen LogP contribution in [-0.4, -0.2) is 22.3 Å². The van der Waals surface area contributed by atoms with E-state index in [1.54, 1.807) is 18.2 Å². The predicted octanol–water partition coefficient (Wildman–Crippen LogP) is 4.89. The molecule has 0 aliphatic carbocycles. The number of amides is 2. The Kier molecular flexibility index (Phi) is 7.26. The van der Waals surface area contributed by atoms with Crippen LogP contribution in [0.15, 0.2) is 72.8 Å². The zero-order valence-electron chi connectivity index (χ0n) is 15.7. The molecule has 2 amide bonds. The SMILES string of the molecule is O=C(/C=C/C[C@H](OC(=O)Nc1cccc2ccccc12)c1cc(I)ccc1O)NO. The molecule has 3 rings (SSSR count). The maximum atomic E-state index is 12.6. The summed E-state index contributed by atoms with van der Waals surface area (Å²) < 4.78 is 6.43. The van der Waals surface area contributed by atoms with E-state index < -0.39 is 18.1 Å². The number of hydrogen-bond donors (Lipinski definition) is 4. The van der Waals surface area contributed by atoms with Gasteiger partial charge in [0.25, 0.3) is 5.91 Å². The molecule has 0 bridgehead atoms. The molecule has 0 aliphatic rings. The van der Waals surface area contributed by atoms with Crippen molar-refractivity contribution in [3.8, 4) is 5.75 Å². The molecule has 3 aromatic carbocycles. The molecular formula is C22H19IN2O5. The lowest BCUT2D eigenvalue weighted by atomic mass is 10.0. The molecule has 8 heteroatoms. The number of carbonyl (C=O) groups is 2. The Labute approximate surface area is 186 Å². The van der Waals surface area contributed by atoms with Crippen LogP contribution in [0.4, 0.5) is 10.5 Å². The fourth-order valence-corrected chi connectivity index (χ4v) is 3.48. The molecule has 30 heavy (non-hydrogen) atoms. The molecule has 0 spiro atoms. The molecule has 0 saturated heterocycles. The first-order valence-electron chi connectivity index (χ1n) is 9.02. The predicted molar refractivity (Wildman–Crippen MR) is 121 cm³/mol. The van der Waals surface area contributed by atoms with Crippen molar-refractivity contribution in [2.24, 2.45) is 0 Å². The van der Waals surface area contributed by atoms with Crippen LogP contribution in [0.3, 0.4) is 0 Å². The standard InChI is InChI=1S/C22H19IN2O5/c23-15-11-12-19(26)17(13-15)20(9-4-10-21(27)25-29)30-22(28)24-18-8-3-6-14-5-1-2-7-16(14)18/h1-8,10-13,20,26,29H,9H2,(H,24,28)(H,25,27)/b10-4+/t20-/m0/s1. The smallest absolute Gasteiger partial charge is 0.412 e. The van der Waals surface area contributed by atoms with Crippen molar-refractivity contribution in [3.63, 3.8) is 0 Å². The van der Waals surface area contributed by atoms with E-state index in [1.165, 1.54) is 17.6 Å². The Morgan fingerprint density at radius 3 is 2.67 bits per heavy atom. The zero-order valence-corrected chi connectivity index (χ0v) is 17.9. The number of nitrogens with one attached hydrogen (secondary N) is 2. The number of carbonyl (C=O) groups excluding carboxylic acids is 2. The highest BCUT2D eigenvalue weighted by molar-refractivity contribution is 14.1. The summed E-state index contributed by atoms with van der Waals surface area (Å²) in [4.78, 5) is 23.8. The van der Waals surface area contributed by atoms with E-state index in [1.807, 2.05) is 36.4 Å². The number of phenols is 1. The number of benzene rings is 3. The lowest BCUT2D eigenvalue weighted by Crippen LogP contribution is -2.18. The molecule has 0 fully saturated rings. The molecule has 0 heterocycles. The van der Waals surface area contributed by atoms with Gasteiger partial charge in [0.15, 0.2) is 0 Å². The van der Waals surface area contributed by atoms with Gasteiger partial charge in [0, 0.05) is 27.0 Å². The Hall–Kier alpha value is -3.11. The van der Waals surface area contributed by atoms with Crippen LogP contribution < -0.4 is 10.8 Å². The van der Waals surface area contributed by atoms with Crippen molar-refractivity contribution >= 4 is 51.1 Å². The third-order valence-electron chi connectivity index (χ3n) is 4.34. The van der Waals surface area contributed by atoms with Crippen molar-refractivity contribution in [3.05, 3.63) is 81.9 Å². The number of fused-ring (bicyclic) bond motifs is 1. The molecule has 0 unspecified atom stereocenters. The number of phenolic OH excluding ortho intramolecular Hbond substituents is 1. The quantitative estimate of drug-likeness (QED) is 0.161. The maximum Gasteiger partial charge on any atom is 0.412 e. The number of ether oxygens (including phenoxy) is 1. The largest absolute Gasteiger partial charge is 0.508 e. The second-order valence-corrected chi connectivity index (χ2v) is 7.61. The van der Waals surface area contributed by atoms with Gasteiger partial charge in [0.05, 0.1) is 5.69 Å². The summed E-state index contributed by atoms with van der Waals surface area (Å²) in [6, 6.07) is 18.1. The van der Waals surface area contributed by atoms with Gasteiger partial charge < -0.3 is 9.84 Å². The lowest BCUT2D eigenvalue weighted by molar-refractivity contribution is -0.124. The summed E-state index contributed by atoms with van der Waals surface area (Å²) in [5.74, 6) is -0.737. The van der Waals surface area contributed by atoms with Crippen LogP contribution in [-0.2, 0) is 9.53 Å². The average Bonchev–Trinajstić information content (AvgIpc) is 2.75. The summed E-state index contributed by atoms with van der Waals surface area (Å²) >= 11 is 2.09. The Morgan fingerprint density at radius 2 is 1.87 bits per heavy atom. The fraction of sp³-hybridized carbons (Fsp3) is 0.0909. The van der Waals surface area contributed by atoms with E-state index in [9.17, 15) is 14.7 Å². The summed E-state index contributed by atoms with van der Waals surface area (Å²) in [7, 11) is 0. The van der Waals surface area contributed by atoms with Crippen LogP contribution in [0, 0.1) is 3.57 Å². The first kappa shape index (κ1) is 21.6. The Bertz CT molecular complexity index is 1090. The normalized spacial score (nSPS) is 11.9. The minimum Gasteiger partial charge on any atom is -0.508 e. The highest BCUT2D eigenvalue weighted by Crippen LogP contribution is 2.32. The highest BCUT2D eigenvalue weighted by Gasteiger charge is 2.20. The molecular weight excluding hydrogens is 499 g/mol. The number of rotatable bonds is 6. The van der Waals surface area contributed by atoms with E-state index in [-0.39, 0.29) is 12.2 Å². The molecule has 4 N–H and O–H groups in total. The number of aromatic hydroxyl groups is 1. The van der Waals surface area contributed by atoms with Crippen LogP contribution in [0.25, 0.3) is 10.8 Å². The molecule has 0 aliphatic heterocycles. The van der Waals surface area contributed by atoms with E-state index >= 15 is 0 Å². The van der Waals surface area contributed by atoms with Gasteiger partial charge in [-0.3, -0.25) is 15.3 Å². The van der Waals surface area contributed by atoms with Gasteiger partial charge in [-0.1, -0.05) is 42.5 Å². The van der Waals surface area contributed by atoms with Gasteiger partial charge in [-0.25, -0.2) is 10.3 Å². The monoisotopic (exact) mass is 518 g/mol. The van der Waals surface area contributed by atoms with Gasteiger partial charge in [0.1, 0.15) is 11.9 Å². The van der Waals surface area contributed by atoms with E-state index in [0.29, 0.717) is 11.3 Å². The number of hydroxylamine groups is 1. The second-order valence-electron chi connectivity index (χ2n) is 6.36. The summed E-state index contributed by atoms with van der Waals surface area (Å²) in [5, 5.41) is 23.4. The Morgan fingerprint density at radius 1 is 1.10 bits per heavy atom. The van der Waals surface area contributed by atoms with Gasteiger partial charge in [-0.05, 0) is 52.2 Å². The molecule has 154 valence electrons. The topological polar surface area (TPSA) is 108 Å². The minimum absolute atomic E-state index is 0.0293. The molecule has 3 aromatic rings. The number of hydrogen-bond acceptors (Lipinski definition) is 5. The van der Waals surface area contributed by atoms with Crippen LogP contribution in [0.2, 0.25) is 0 Å². The first-order valence-corrected chi connectivity index (χ1v) is 10.1. The second kappa shape index (κ2) is 10.1. The highest BCUT2D eigenvalue weighted by atomic mass is 127. The molecule has 7 nitrogen and oxygen atoms in total. The van der Waals surface area contributed by atoms with Crippen molar-refractivity contribution < 1.29 is 24.6 Å². The van der Waals surface area contributed by atoms with Crippen LogP contribution in [0.5, 0.6) is 5.75 Å². The summed E-state index contributed by atoms with van der Waals surface area (Å²) in [5.41, 5.74) is 2.50. The van der Waals surface area contributed by atoms with Gasteiger partial charge in [0.2, 0.25) is 0 Å². The zero-order chi connectivity index (χ0) is 21.5. The average molecular weight is 518 g/mol. The summed E-state index contributed by atoms with van der Waals surface area (Å²) in [6.07, 6.45) is 1.13. The fourth-order valence-electron chi connectivity index (χ4n) is 2.96. The van der Waals surface area contributed by atoms with Crippen molar-refractivity contribution in [2.75, 3.05) is 5.32 Å². The molecule has 0 aromatic heterocycles. The molecule has 0 saturated carbocycles. The summed E-state index contributed by atoms with van der Waals surface area (Å²) in [6.45, 7) is 0. The van der Waals surface area contributed by atoms with Crippen LogP contribution >= 0.6 is 22.6 Å². The first-order chi connectivity index (χ1) is 14.5.